The van der Waals surface area contributed by atoms with Crippen LogP contribution in [-0.2, 0) is 9.59 Å². The lowest BCUT2D eigenvalue weighted by Crippen LogP contribution is -2.22. The van der Waals surface area contributed by atoms with Gasteiger partial charge in [0.25, 0.3) is 5.91 Å². The molecule has 0 radical (unpaired) electrons. The van der Waals surface area contributed by atoms with Gasteiger partial charge in [-0.1, -0.05) is 12.7 Å². The molecular formula is C10H13NO2. The first-order chi connectivity index (χ1) is 6.17. The molecule has 0 fully saturated rings. The molecule has 13 heavy (non-hydrogen) atoms. The van der Waals surface area contributed by atoms with Crippen LogP contribution < -0.4 is 0 Å². The molecule has 0 bridgehead atoms. The van der Waals surface area contributed by atoms with Gasteiger partial charge in [0.05, 0.1) is 0 Å². The van der Waals surface area contributed by atoms with Crippen LogP contribution in [0.1, 0.15) is 6.92 Å². The zero-order valence-electron chi connectivity index (χ0n) is 7.86. The van der Waals surface area contributed by atoms with E-state index in [0.717, 1.165) is 6.08 Å². The van der Waals surface area contributed by atoms with Gasteiger partial charge in [-0.3, -0.25) is 9.59 Å². The Hall–Kier alpha value is -1.64. The molecule has 0 unspecified atom stereocenters. The van der Waals surface area contributed by atoms with Gasteiger partial charge in [-0.15, -0.1) is 0 Å². The fraction of sp³-hybridized carbons (Fsp3) is 0.200. The van der Waals surface area contributed by atoms with Gasteiger partial charge < -0.3 is 4.90 Å². The molecule has 1 amide bonds. The van der Waals surface area contributed by atoms with Gasteiger partial charge in [-0.05, 0) is 19.1 Å². The van der Waals surface area contributed by atoms with Gasteiger partial charge in [0.1, 0.15) is 6.29 Å². The second-order valence-corrected chi connectivity index (χ2v) is 2.31. The number of carbonyl (C=O) groups is 2. The van der Waals surface area contributed by atoms with Gasteiger partial charge >= 0.3 is 0 Å². The molecule has 70 valence electrons. The average molecular weight is 179 g/mol. The summed E-state index contributed by atoms with van der Waals surface area (Å²) in [5.41, 5.74) is 0.709. The van der Waals surface area contributed by atoms with Crippen molar-refractivity contribution >= 4 is 12.2 Å². The summed E-state index contributed by atoms with van der Waals surface area (Å²) in [6, 6.07) is 0. The molecule has 3 nitrogen and oxygen atoms in total. The molecule has 0 aromatic rings. The van der Waals surface area contributed by atoms with E-state index in [1.54, 1.807) is 19.2 Å². The Morgan fingerprint density at radius 2 is 2.08 bits per heavy atom. The first-order valence-corrected chi connectivity index (χ1v) is 3.85. The second kappa shape index (κ2) is 5.94. The lowest BCUT2D eigenvalue weighted by molar-refractivity contribution is -0.123. The summed E-state index contributed by atoms with van der Waals surface area (Å²) in [6.45, 7) is 5.37. The van der Waals surface area contributed by atoms with Gasteiger partial charge in [0, 0.05) is 18.8 Å². The van der Waals surface area contributed by atoms with E-state index in [-0.39, 0.29) is 5.91 Å². The van der Waals surface area contributed by atoms with Crippen molar-refractivity contribution in [3.63, 3.8) is 0 Å². The first-order valence-electron chi connectivity index (χ1n) is 3.85. The lowest BCUT2D eigenvalue weighted by atomic mass is 10.3. The Morgan fingerprint density at radius 3 is 2.46 bits per heavy atom. The van der Waals surface area contributed by atoms with Gasteiger partial charge in [-0.25, -0.2) is 0 Å². The monoisotopic (exact) mass is 179 g/mol. The number of nitrogens with zero attached hydrogens (tertiary/aromatic N) is 1. The van der Waals surface area contributed by atoms with Crippen molar-refractivity contribution in [2.75, 3.05) is 7.05 Å². The Bertz CT molecular complexity index is 264. The summed E-state index contributed by atoms with van der Waals surface area (Å²) in [5.74, 6) is -0.250. The van der Waals surface area contributed by atoms with Crippen molar-refractivity contribution in [1.82, 2.24) is 4.90 Å². The van der Waals surface area contributed by atoms with Crippen molar-refractivity contribution in [3.05, 3.63) is 36.6 Å². The number of allylic oxidation sites excluding steroid dienone is 3. The molecule has 0 saturated carbocycles. The summed E-state index contributed by atoms with van der Waals surface area (Å²) in [7, 11) is 1.62. The van der Waals surface area contributed by atoms with Crippen molar-refractivity contribution in [2.24, 2.45) is 0 Å². The summed E-state index contributed by atoms with van der Waals surface area (Å²) in [4.78, 5) is 22.6. The standard InChI is InChI=1S/C10H13NO2/c1-4-9(5-2)11(3)10(13)7-6-8-12/h4-8H,1H2,2-3H3/b7-6-,9-5+. The molecular weight excluding hydrogens is 166 g/mol. The topological polar surface area (TPSA) is 37.4 Å². The van der Waals surface area contributed by atoms with Crippen LogP contribution in [0.15, 0.2) is 36.6 Å². The van der Waals surface area contributed by atoms with E-state index in [9.17, 15) is 9.59 Å². The summed E-state index contributed by atoms with van der Waals surface area (Å²) in [6.07, 6.45) is 6.27. The molecule has 0 rings (SSSR count). The maximum atomic E-state index is 11.3. The second-order valence-electron chi connectivity index (χ2n) is 2.31. The summed E-state index contributed by atoms with van der Waals surface area (Å²) >= 11 is 0. The molecule has 0 atom stereocenters. The van der Waals surface area contributed by atoms with Gasteiger partial charge in [0.15, 0.2) is 0 Å². The van der Waals surface area contributed by atoms with Crippen molar-refractivity contribution < 1.29 is 9.59 Å². The number of rotatable bonds is 4. The maximum Gasteiger partial charge on any atom is 0.250 e. The zero-order chi connectivity index (χ0) is 10.3. The van der Waals surface area contributed by atoms with E-state index in [2.05, 4.69) is 6.58 Å². The lowest BCUT2D eigenvalue weighted by Gasteiger charge is -2.15. The number of likely N-dealkylation sites (N-methyl/N-ethyl adjacent to an activating group) is 1. The number of aldehydes is 1. The molecule has 0 spiro atoms. The van der Waals surface area contributed by atoms with Gasteiger partial charge in [-0.2, -0.15) is 0 Å². The van der Waals surface area contributed by atoms with E-state index in [4.69, 9.17) is 0 Å². The van der Waals surface area contributed by atoms with E-state index in [1.807, 2.05) is 6.92 Å². The minimum absolute atomic E-state index is 0.250. The number of hydrogen-bond donors (Lipinski definition) is 0. The van der Waals surface area contributed by atoms with Crippen LogP contribution in [0.4, 0.5) is 0 Å². The quantitative estimate of drug-likeness (QED) is 0.370. The van der Waals surface area contributed by atoms with Crippen LogP contribution in [0.25, 0.3) is 0 Å². The van der Waals surface area contributed by atoms with Crippen LogP contribution in [0, 0.1) is 0 Å². The SMILES string of the molecule is C=C/C(=C\C)N(C)C(=O)/C=C\C=O. The third kappa shape index (κ3) is 3.51. The van der Waals surface area contributed by atoms with E-state index in [0.29, 0.717) is 12.0 Å². The summed E-state index contributed by atoms with van der Waals surface area (Å²) < 4.78 is 0. The minimum Gasteiger partial charge on any atom is -0.312 e. The Kier molecular flexibility index (Phi) is 5.19. The molecule has 0 heterocycles. The van der Waals surface area contributed by atoms with Crippen LogP contribution in [0.3, 0.4) is 0 Å². The number of amides is 1. The smallest absolute Gasteiger partial charge is 0.250 e. The summed E-state index contributed by atoms with van der Waals surface area (Å²) in [5, 5.41) is 0. The Morgan fingerprint density at radius 1 is 1.46 bits per heavy atom. The van der Waals surface area contributed by atoms with Gasteiger partial charge in [0.2, 0.25) is 0 Å². The number of carbonyl (C=O) groups excluding carboxylic acids is 2. The molecule has 0 aliphatic carbocycles. The molecule has 0 N–H and O–H groups in total. The highest BCUT2D eigenvalue weighted by Crippen LogP contribution is 2.02. The predicted molar refractivity (Wildman–Crippen MR) is 51.9 cm³/mol. The molecule has 0 aliphatic rings. The predicted octanol–water partition coefficient (Wildman–Crippen LogP) is 1.29. The molecule has 0 aromatic heterocycles. The van der Waals surface area contributed by atoms with Crippen molar-refractivity contribution in [1.29, 1.82) is 0 Å². The Balaban J connectivity index is 4.50. The molecule has 0 aromatic carbocycles. The minimum atomic E-state index is -0.250. The fourth-order valence-corrected chi connectivity index (χ4v) is 0.809. The third-order valence-corrected chi connectivity index (χ3v) is 1.54. The molecule has 0 saturated heterocycles. The normalized spacial score (nSPS) is 11.4. The maximum absolute atomic E-state index is 11.3. The highest BCUT2D eigenvalue weighted by atomic mass is 16.2. The highest BCUT2D eigenvalue weighted by Gasteiger charge is 2.05. The van der Waals surface area contributed by atoms with E-state index >= 15 is 0 Å². The van der Waals surface area contributed by atoms with E-state index in [1.165, 1.54) is 11.0 Å². The van der Waals surface area contributed by atoms with E-state index < -0.39 is 0 Å². The van der Waals surface area contributed by atoms with Crippen LogP contribution in [0.5, 0.6) is 0 Å². The third-order valence-electron chi connectivity index (χ3n) is 1.54. The first kappa shape index (κ1) is 11.4. The largest absolute Gasteiger partial charge is 0.312 e. The highest BCUT2D eigenvalue weighted by molar-refractivity contribution is 5.92. The van der Waals surface area contributed by atoms with Crippen molar-refractivity contribution in [2.45, 2.75) is 6.92 Å². The van der Waals surface area contributed by atoms with Crippen LogP contribution >= 0.6 is 0 Å². The Labute approximate surface area is 78.0 Å². The molecule has 3 heteroatoms. The van der Waals surface area contributed by atoms with Crippen LogP contribution in [0.2, 0.25) is 0 Å². The van der Waals surface area contributed by atoms with Crippen LogP contribution in [-0.4, -0.2) is 24.1 Å². The number of hydrogen-bond acceptors (Lipinski definition) is 2. The average Bonchev–Trinajstić information content (AvgIpc) is 2.15. The fourth-order valence-electron chi connectivity index (χ4n) is 0.809. The zero-order valence-corrected chi connectivity index (χ0v) is 7.86. The molecule has 0 aliphatic heterocycles. The van der Waals surface area contributed by atoms with Crippen molar-refractivity contribution in [3.8, 4) is 0 Å².